The van der Waals surface area contributed by atoms with Gasteiger partial charge in [-0.25, -0.2) is 0 Å². The van der Waals surface area contributed by atoms with Crippen molar-refractivity contribution in [2.45, 2.75) is 39.2 Å². The van der Waals surface area contributed by atoms with Gasteiger partial charge < -0.3 is 15.2 Å². The minimum atomic E-state index is -0.914. The summed E-state index contributed by atoms with van der Waals surface area (Å²) in [7, 11) is 0. The number of hydrogen-bond acceptors (Lipinski definition) is 3. The molecule has 1 atom stereocenters. The molecule has 1 rings (SSSR count). The van der Waals surface area contributed by atoms with E-state index in [0.29, 0.717) is 12.2 Å². The van der Waals surface area contributed by atoms with Crippen molar-refractivity contribution in [3.05, 3.63) is 29.8 Å². The van der Waals surface area contributed by atoms with E-state index in [1.807, 2.05) is 32.0 Å². The maximum Gasteiger partial charge on any atom is 0.305 e. The zero-order valence-electron chi connectivity index (χ0n) is 11.9. The van der Waals surface area contributed by atoms with E-state index in [4.69, 9.17) is 9.84 Å². The molecular weight excluding hydrogens is 258 g/mol. The van der Waals surface area contributed by atoms with Crippen LogP contribution in [0.15, 0.2) is 24.3 Å². The first-order chi connectivity index (χ1) is 9.51. The number of aryl methyl sites for hydroxylation is 1. The number of nitrogens with one attached hydrogen (secondary N) is 1. The summed E-state index contributed by atoms with van der Waals surface area (Å²) in [5.41, 5.74) is 1.05. The van der Waals surface area contributed by atoms with Crippen molar-refractivity contribution in [2.24, 2.45) is 0 Å². The molecule has 0 aliphatic rings. The largest absolute Gasteiger partial charge is 0.484 e. The lowest BCUT2D eigenvalue weighted by atomic mass is 10.1. The van der Waals surface area contributed by atoms with E-state index >= 15 is 0 Å². The first kappa shape index (κ1) is 16.0. The highest BCUT2D eigenvalue weighted by Gasteiger charge is 2.15. The topological polar surface area (TPSA) is 75.6 Å². The van der Waals surface area contributed by atoms with Crippen LogP contribution in [0.1, 0.15) is 31.7 Å². The smallest absolute Gasteiger partial charge is 0.305 e. The highest BCUT2D eigenvalue weighted by molar-refractivity contribution is 5.78. The number of carbonyl (C=O) groups excluding carboxylic acids is 1. The molecule has 0 heterocycles. The molecule has 1 amide bonds. The number of carbonyl (C=O) groups is 2. The van der Waals surface area contributed by atoms with Crippen LogP contribution < -0.4 is 10.1 Å². The van der Waals surface area contributed by atoms with Crippen LogP contribution in [-0.2, 0) is 9.59 Å². The summed E-state index contributed by atoms with van der Waals surface area (Å²) in [6.07, 6.45) is 1.39. The summed E-state index contributed by atoms with van der Waals surface area (Å²) < 4.78 is 5.37. The van der Waals surface area contributed by atoms with Crippen LogP contribution in [0, 0.1) is 6.92 Å². The quantitative estimate of drug-likeness (QED) is 0.764. The molecule has 0 aromatic heterocycles. The number of ether oxygens (including phenoxy) is 1. The third-order valence-corrected chi connectivity index (χ3v) is 2.78. The lowest BCUT2D eigenvalue weighted by Crippen LogP contribution is -2.39. The predicted octanol–water partition coefficient (Wildman–Crippen LogP) is 2.13. The minimum Gasteiger partial charge on any atom is -0.484 e. The Hall–Kier alpha value is -2.04. The van der Waals surface area contributed by atoms with Gasteiger partial charge in [-0.1, -0.05) is 25.5 Å². The SMILES string of the molecule is CCCC(CC(=O)O)NC(=O)COc1cccc(C)c1. The van der Waals surface area contributed by atoms with Gasteiger partial charge in [0.1, 0.15) is 5.75 Å². The summed E-state index contributed by atoms with van der Waals surface area (Å²) in [5, 5.41) is 11.5. The maximum absolute atomic E-state index is 11.7. The fourth-order valence-electron chi connectivity index (χ4n) is 1.91. The Morgan fingerprint density at radius 2 is 2.15 bits per heavy atom. The molecular formula is C15H21NO4. The van der Waals surface area contributed by atoms with Crippen LogP contribution in [0.3, 0.4) is 0 Å². The Labute approximate surface area is 118 Å². The highest BCUT2D eigenvalue weighted by atomic mass is 16.5. The summed E-state index contributed by atoms with van der Waals surface area (Å²) in [6, 6.07) is 7.07. The van der Waals surface area contributed by atoms with Crippen LogP contribution in [-0.4, -0.2) is 29.6 Å². The molecule has 0 saturated heterocycles. The summed E-state index contributed by atoms with van der Waals surface area (Å²) >= 11 is 0. The molecule has 1 aromatic carbocycles. The Bertz CT molecular complexity index is 459. The average Bonchev–Trinajstić information content (AvgIpc) is 2.36. The molecule has 20 heavy (non-hydrogen) atoms. The van der Waals surface area contributed by atoms with Gasteiger partial charge in [0.2, 0.25) is 0 Å². The van der Waals surface area contributed by atoms with Crippen LogP contribution >= 0.6 is 0 Å². The summed E-state index contributed by atoms with van der Waals surface area (Å²) in [6.45, 7) is 3.78. The molecule has 0 fully saturated rings. The number of carboxylic acids is 1. The second-order valence-corrected chi connectivity index (χ2v) is 4.76. The average molecular weight is 279 g/mol. The maximum atomic E-state index is 11.7. The van der Waals surface area contributed by atoms with Crippen molar-refractivity contribution in [3.8, 4) is 5.75 Å². The zero-order valence-corrected chi connectivity index (χ0v) is 11.9. The second kappa shape index (κ2) is 8.19. The standard InChI is InChI=1S/C15H21NO4/c1-3-5-12(9-15(18)19)16-14(17)10-20-13-7-4-6-11(2)8-13/h4,6-8,12H,3,5,9-10H2,1-2H3,(H,16,17)(H,18,19). The third kappa shape index (κ3) is 6.22. The third-order valence-electron chi connectivity index (χ3n) is 2.78. The van der Waals surface area contributed by atoms with Crippen LogP contribution in [0.2, 0.25) is 0 Å². The second-order valence-electron chi connectivity index (χ2n) is 4.76. The zero-order chi connectivity index (χ0) is 15.0. The molecule has 1 unspecified atom stereocenters. The lowest BCUT2D eigenvalue weighted by Gasteiger charge is -2.16. The molecule has 110 valence electrons. The fourth-order valence-corrected chi connectivity index (χ4v) is 1.91. The first-order valence-corrected chi connectivity index (χ1v) is 6.72. The highest BCUT2D eigenvalue weighted by Crippen LogP contribution is 2.12. The van der Waals surface area contributed by atoms with Crippen LogP contribution in [0.5, 0.6) is 5.75 Å². The van der Waals surface area contributed by atoms with Crippen LogP contribution in [0.4, 0.5) is 0 Å². The fraction of sp³-hybridized carbons (Fsp3) is 0.467. The lowest BCUT2D eigenvalue weighted by molar-refractivity contribution is -0.137. The predicted molar refractivity (Wildman–Crippen MR) is 75.8 cm³/mol. The van der Waals surface area contributed by atoms with Crippen molar-refractivity contribution < 1.29 is 19.4 Å². The Kier molecular flexibility index (Phi) is 6.56. The van der Waals surface area contributed by atoms with E-state index < -0.39 is 5.97 Å². The Morgan fingerprint density at radius 1 is 1.40 bits per heavy atom. The molecule has 1 aromatic rings. The van der Waals surface area contributed by atoms with E-state index in [9.17, 15) is 9.59 Å². The number of aliphatic carboxylic acids is 1. The van der Waals surface area contributed by atoms with E-state index in [1.165, 1.54) is 0 Å². The first-order valence-electron chi connectivity index (χ1n) is 6.72. The van der Waals surface area contributed by atoms with Gasteiger partial charge in [0, 0.05) is 6.04 Å². The van der Waals surface area contributed by atoms with Gasteiger partial charge in [-0.05, 0) is 31.0 Å². The molecule has 5 nitrogen and oxygen atoms in total. The molecule has 0 spiro atoms. The Morgan fingerprint density at radius 3 is 2.75 bits per heavy atom. The molecule has 0 radical (unpaired) electrons. The number of amides is 1. The molecule has 2 N–H and O–H groups in total. The van der Waals surface area contributed by atoms with Gasteiger partial charge in [0.05, 0.1) is 6.42 Å². The molecule has 0 bridgehead atoms. The number of benzene rings is 1. The van der Waals surface area contributed by atoms with E-state index in [0.717, 1.165) is 12.0 Å². The van der Waals surface area contributed by atoms with Gasteiger partial charge in [-0.2, -0.15) is 0 Å². The molecule has 0 saturated carbocycles. The van der Waals surface area contributed by atoms with E-state index in [1.54, 1.807) is 6.07 Å². The molecule has 5 heteroatoms. The normalized spacial score (nSPS) is 11.7. The van der Waals surface area contributed by atoms with Crippen molar-refractivity contribution in [2.75, 3.05) is 6.61 Å². The number of rotatable bonds is 8. The van der Waals surface area contributed by atoms with Crippen molar-refractivity contribution in [3.63, 3.8) is 0 Å². The monoisotopic (exact) mass is 279 g/mol. The van der Waals surface area contributed by atoms with Gasteiger partial charge in [-0.3, -0.25) is 9.59 Å². The van der Waals surface area contributed by atoms with Crippen molar-refractivity contribution >= 4 is 11.9 Å². The van der Waals surface area contributed by atoms with Gasteiger partial charge >= 0.3 is 5.97 Å². The Balaban J connectivity index is 2.43. The van der Waals surface area contributed by atoms with Crippen LogP contribution in [0.25, 0.3) is 0 Å². The molecule has 0 aliphatic carbocycles. The summed E-state index contributed by atoms with van der Waals surface area (Å²) in [5.74, 6) is -0.583. The van der Waals surface area contributed by atoms with E-state index in [2.05, 4.69) is 5.32 Å². The van der Waals surface area contributed by atoms with Gasteiger partial charge in [0.25, 0.3) is 5.91 Å². The molecule has 0 aliphatic heterocycles. The van der Waals surface area contributed by atoms with E-state index in [-0.39, 0.29) is 25.0 Å². The minimum absolute atomic E-state index is 0.0655. The van der Waals surface area contributed by atoms with Crippen molar-refractivity contribution in [1.82, 2.24) is 5.32 Å². The van der Waals surface area contributed by atoms with Gasteiger partial charge in [0.15, 0.2) is 6.61 Å². The number of carboxylic acid groups (broad SMARTS) is 1. The summed E-state index contributed by atoms with van der Waals surface area (Å²) in [4.78, 5) is 22.4. The van der Waals surface area contributed by atoms with Crippen molar-refractivity contribution in [1.29, 1.82) is 0 Å². The van der Waals surface area contributed by atoms with Gasteiger partial charge in [-0.15, -0.1) is 0 Å². The number of hydrogen-bond donors (Lipinski definition) is 2.